The Morgan fingerprint density at radius 2 is 2.18 bits per heavy atom. The SMILES string of the molecule is NC(=S)C1CCN(S(=O)(=O)c2cn[nH]c2)CC1. The molecule has 3 N–H and O–H groups in total. The van der Waals surface area contributed by atoms with E-state index < -0.39 is 10.0 Å². The molecule has 1 saturated heterocycles. The molecule has 1 aromatic heterocycles. The molecule has 0 aliphatic carbocycles. The van der Waals surface area contributed by atoms with E-state index in [1.165, 1.54) is 16.7 Å². The number of nitrogens with zero attached hydrogens (tertiary/aromatic N) is 2. The van der Waals surface area contributed by atoms with Crippen LogP contribution in [0.2, 0.25) is 0 Å². The van der Waals surface area contributed by atoms with Crippen LogP contribution < -0.4 is 5.73 Å². The van der Waals surface area contributed by atoms with E-state index in [9.17, 15) is 8.42 Å². The second-order valence-electron chi connectivity index (χ2n) is 4.01. The van der Waals surface area contributed by atoms with Gasteiger partial charge in [0.2, 0.25) is 10.0 Å². The van der Waals surface area contributed by atoms with Crippen molar-refractivity contribution in [2.45, 2.75) is 17.7 Å². The summed E-state index contributed by atoms with van der Waals surface area (Å²) in [5.74, 6) is 0.154. The summed E-state index contributed by atoms with van der Waals surface area (Å²) in [6, 6.07) is 0. The molecule has 1 aliphatic heterocycles. The Bertz CT molecular complexity index is 489. The zero-order chi connectivity index (χ0) is 12.5. The van der Waals surface area contributed by atoms with Gasteiger partial charge in [0.25, 0.3) is 0 Å². The van der Waals surface area contributed by atoms with E-state index in [1.807, 2.05) is 0 Å². The second-order valence-corrected chi connectivity index (χ2v) is 6.42. The van der Waals surface area contributed by atoms with E-state index in [4.69, 9.17) is 18.0 Å². The van der Waals surface area contributed by atoms with Gasteiger partial charge >= 0.3 is 0 Å². The Kier molecular flexibility index (Phi) is 3.45. The Balaban J connectivity index is 2.09. The molecule has 2 heterocycles. The van der Waals surface area contributed by atoms with E-state index in [0.717, 1.165) is 0 Å². The van der Waals surface area contributed by atoms with Gasteiger partial charge in [0.15, 0.2) is 0 Å². The first-order chi connectivity index (χ1) is 8.01. The molecule has 8 heteroatoms. The summed E-state index contributed by atoms with van der Waals surface area (Å²) in [7, 11) is -3.41. The van der Waals surface area contributed by atoms with Crippen LogP contribution in [0.1, 0.15) is 12.8 Å². The lowest BCUT2D eigenvalue weighted by molar-refractivity contribution is 0.317. The lowest BCUT2D eigenvalue weighted by Gasteiger charge is -2.30. The highest BCUT2D eigenvalue weighted by molar-refractivity contribution is 7.89. The summed E-state index contributed by atoms with van der Waals surface area (Å²) in [6.45, 7) is 0.908. The molecule has 0 unspecified atom stereocenters. The van der Waals surface area contributed by atoms with Crippen LogP contribution in [-0.2, 0) is 10.0 Å². The van der Waals surface area contributed by atoms with Gasteiger partial charge in [-0.15, -0.1) is 0 Å². The normalized spacial score (nSPS) is 19.3. The van der Waals surface area contributed by atoms with Gasteiger partial charge in [-0.1, -0.05) is 12.2 Å². The van der Waals surface area contributed by atoms with Crippen LogP contribution in [0.25, 0.3) is 0 Å². The van der Waals surface area contributed by atoms with Crippen LogP contribution in [0, 0.1) is 5.92 Å². The maximum Gasteiger partial charge on any atom is 0.246 e. The third-order valence-electron chi connectivity index (χ3n) is 2.97. The number of nitrogens with one attached hydrogen (secondary N) is 1. The minimum atomic E-state index is -3.41. The highest BCUT2D eigenvalue weighted by Gasteiger charge is 2.30. The van der Waals surface area contributed by atoms with Gasteiger partial charge in [-0.25, -0.2) is 8.42 Å². The van der Waals surface area contributed by atoms with Crippen molar-refractivity contribution in [2.75, 3.05) is 13.1 Å². The highest BCUT2D eigenvalue weighted by Crippen LogP contribution is 2.23. The quantitative estimate of drug-likeness (QED) is 0.763. The van der Waals surface area contributed by atoms with Crippen molar-refractivity contribution in [3.05, 3.63) is 12.4 Å². The summed E-state index contributed by atoms with van der Waals surface area (Å²) >= 11 is 4.92. The predicted molar refractivity (Wildman–Crippen MR) is 66.9 cm³/mol. The van der Waals surface area contributed by atoms with E-state index in [1.54, 1.807) is 0 Å². The molecule has 1 aromatic rings. The first-order valence-electron chi connectivity index (χ1n) is 5.30. The Hall–Kier alpha value is -0.990. The minimum absolute atomic E-state index is 0.154. The molecule has 17 heavy (non-hydrogen) atoms. The average Bonchev–Trinajstić information content (AvgIpc) is 2.83. The van der Waals surface area contributed by atoms with Crippen LogP contribution >= 0.6 is 12.2 Å². The van der Waals surface area contributed by atoms with E-state index >= 15 is 0 Å². The zero-order valence-corrected chi connectivity index (χ0v) is 10.8. The van der Waals surface area contributed by atoms with Crippen LogP contribution in [-0.4, -0.2) is 41.0 Å². The van der Waals surface area contributed by atoms with Crippen molar-refractivity contribution in [1.29, 1.82) is 0 Å². The average molecular weight is 274 g/mol. The van der Waals surface area contributed by atoms with Gasteiger partial charge in [0.1, 0.15) is 4.90 Å². The zero-order valence-electron chi connectivity index (χ0n) is 9.17. The molecule has 1 aliphatic rings. The fourth-order valence-corrected chi connectivity index (χ4v) is 3.52. The number of aromatic nitrogens is 2. The fourth-order valence-electron chi connectivity index (χ4n) is 1.91. The number of piperidine rings is 1. The molecule has 0 bridgehead atoms. The first kappa shape index (κ1) is 12.5. The number of sulfonamides is 1. The molecule has 0 amide bonds. The van der Waals surface area contributed by atoms with Gasteiger partial charge in [0.05, 0.1) is 11.2 Å². The van der Waals surface area contributed by atoms with Crippen LogP contribution in [0.5, 0.6) is 0 Å². The Morgan fingerprint density at radius 1 is 1.53 bits per heavy atom. The Labute approximate surface area is 105 Å². The summed E-state index contributed by atoms with van der Waals surface area (Å²) in [6.07, 6.45) is 4.07. The van der Waals surface area contributed by atoms with Crippen LogP contribution in [0.3, 0.4) is 0 Å². The standard InChI is InChI=1S/C9H14N4O2S2/c10-9(16)7-1-3-13(4-2-7)17(14,15)8-5-11-12-6-8/h5-7H,1-4H2,(H2,10,16)(H,11,12). The van der Waals surface area contributed by atoms with Gasteiger partial charge in [-0.2, -0.15) is 9.40 Å². The molecule has 0 saturated carbocycles. The number of thiocarbonyl (C=S) groups is 1. The first-order valence-corrected chi connectivity index (χ1v) is 7.15. The van der Waals surface area contributed by atoms with Crippen molar-refractivity contribution in [3.8, 4) is 0 Å². The molecule has 0 aromatic carbocycles. The third-order valence-corrected chi connectivity index (χ3v) is 5.16. The van der Waals surface area contributed by atoms with Crippen molar-refractivity contribution < 1.29 is 8.42 Å². The van der Waals surface area contributed by atoms with Crippen molar-refractivity contribution >= 4 is 27.2 Å². The molecule has 0 radical (unpaired) electrons. The number of hydrogen-bond acceptors (Lipinski definition) is 4. The summed E-state index contributed by atoms with van der Waals surface area (Å²) in [5, 5.41) is 6.16. The van der Waals surface area contributed by atoms with Gasteiger partial charge in [0, 0.05) is 25.2 Å². The van der Waals surface area contributed by atoms with Crippen molar-refractivity contribution in [1.82, 2.24) is 14.5 Å². The van der Waals surface area contributed by atoms with E-state index in [-0.39, 0.29) is 10.8 Å². The number of aromatic amines is 1. The summed E-state index contributed by atoms with van der Waals surface area (Å²) in [4.78, 5) is 0.677. The Morgan fingerprint density at radius 3 is 2.65 bits per heavy atom. The molecule has 6 nitrogen and oxygen atoms in total. The topological polar surface area (TPSA) is 92.1 Å². The summed E-state index contributed by atoms with van der Waals surface area (Å²) < 4.78 is 25.7. The number of nitrogens with two attached hydrogens (primary N) is 1. The van der Waals surface area contributed by atoms with Gasteiger partial charge in [-0.3, -0.25) is 5.10 Å². The van der Waals surface area contributed by atoms with Crippen molar-refractivity contribution in [2.24, 2.45) is 11.7 Å². The molecule has 2 rings (SSSR count). The second kappa shape index (κ2) is 4.71. The lowest BCUT2D eigenvalue weighted by Crippen LogP contribution is -2.41. The fraction of sp³-hybridized carbons (Fsp3) is 0.556. The highest BCUT2D eigenvalue weighted by atomic mass is 32.2. The molecular formula is C9H14N4O2S2. The summed E-state index contributed by atoms with van der Waals surface area (Å²) in [5.41, 5.74) is 5.56. The van der Waals surface area contributed by atoms with E-state index in [2.05, 4.69) is 10.2 Å². The molecule has 0 atom stereocenters. The predicted octanol–water partition coefficient (Wildman–Crippen LogP) is 0.0965. The minimum Gasteiger partial charge on any atom is -0.393 e. The monoisotopic (exact) mass is 274 g/mol. The number of H-pyrrole nitrogens is 1. The molecule has 0 spiro atoms. The number of rotatable bonds is 3. The van der Waals surface area contributed by atoms with Crippen LogP contribution in [0.4, 0.5) is 0 Å². The third kappa shape index (κ3) is 2.48. The van der Waals surface area contributed by atoms with Crippen molar-refractivity contribution in [3.63, 3.8) is 0 Å². The van der Waals surface area contributed by atoms with Gasteiger partial charge in [-0.05, 0) is 12.8 Å². The smallest absolute Gasteiger partial charge is 0.246 e. The van der Waals surface area contributed by atoms with E-state index in [0.29, 0.717) is 30.9 Å². The largest absolute Gasteiger partial charge is 0.393 e. The lowest BCUT2D eigenvalue weighted by atomic mass is 9.98. The molecule has 94 valence electrons. The van der Waals surface area contributed by atoms with Gasteiger partial charge < -0.3 is 5.73 Å². The molecular weight excluding hydrogens is 260 g/mol. The molecule has 1 fully saturated rings. The maximum atomic E-state index is 12.1. The number of hydrogen-bond donors (Lipinski definition) is 2. The van der Waals surface area contributed by atoms with Crippen LogP contribution in [0.15, 0.2) is 17.3 Å². The maximum absolute atomic E-state index is 12.1.